The third-order valence-corrected chi connectivity index (χ3v) is 8.13. The molecule has 0 saturated carbocycles. The molecular weight excluding hydrogens is 403 g/mol. The number of aliphatic hydroxyl groups excluding tert-OH is 1. The van der Waals surface area contributed by atoms with E-state index in [2.05, 4.69) is 46.9 Å². The molecule has 0 heterocycles. The van der Waals surface area contributed by atoms with E-state index in [0.717, 1.165) is 5.56 Å². The van der Waals surface area contributed by atoms with Gasteiger partial charge in [0.1, 0.15) is 0 Å². The Hall–Kier alpha value is -0.269. The standard InChI is InChI=1S/C8H9O.3CO.3CH3.Cr.Sn/c1-7(9)8-5-3-2-4-6-8;3*1-2;;;;;/h2-5,7,9H,1H3;;;;3*1H3;;/t7-;;;;;;;;/m1......../s1. The molecule has 20 heavy (non-hydrogen) atoms. The van der Waals surface area contributed by atoms with E-state index in [1.165, 1.54) is 3.58 Å². The van der Waals surface area contributed by atoms with Gasteiger partial charge in [-0.3, -0.25) is 0 Å². The largest absolute Gasteiger partial charge is 0 e. The average Bonchev–Trinajstić information content (AvgIpc) is 2.44. The summed E-state index contributed by atoms with van der Waals surface area (Å²) < 4.78 is 23.9. The summed E-state index contributed by atoms with van der Waals surface area (Å²) in [5.74, 6) is 0. The third-order valence-electron chi connectivity index (χ3n) is 2.22. The number of hydrogen-bond acceptors (Lipinski definition) is 1. The molecule has 6 heteroatoms. The van der Waals surface area contributed by atoms with Gasteiger partial charge < -0.3 is 0 Å². The Kier molecular flexibility index (Phi) is 23.5. The van der Waals surface area contributed by atoms with Crippen molar-refractivity contribution in [2.75, 3.05) is 0 Å². The minimum absolute atomic E-state index is 0. The third kappa shape index (κ3) is 11.5. The van der Waals surface area contributed by atoms with Gasteiger partial charge in [-0.05, 0) is 0 Å². The summed E-state index contributed by atoms with van der Waals surface area (Å²) in [5.41, 5.74) is 1.13. The molecule has 0 unspecified atom stereocenters. The predicted octanol–water partition coefficient (Wildman–Crippen LogP) is 2.17. The molecule has 0 spiro atoms. The molecule has 4 nitrogen and oxygen atoms in total. The average molecular weight is 421 g/mol. The van der Waals surface area contributed by atoms with Gasteiger partial charge in [-0.25, -0.2) is 0 Å². The summed E-state index contributed by atoms with van der Waals surface area (Å²) >= 11 is -2.02. The minimum atomic E-state index is -2.02. The van der Waals surface area contributed by atoms with Crippen LogP contribution < -0.4 is 3.58 Å². The molecular formula is C14H18CrO4Sn. The topological polar surface area (TPSA) is 79.9 Å². The minimum Gasteiger partial charge on any atom is 0 e. The second-order valence-corrected chi connectivity index (χ2v) is 18.9. The molecule has 0 amide bonds. The van der Waals surface area contributed by atoms with Crippen LogP contribution >= 0.6 is 0 Å². The second kappa shape index (κ2) is 16.8. The number of aliphatic hydroxyl groups is 1. The molecule has 0 radical (unpaired) electrons. The molecule has 1 aromatic carbocycles. The van der Waals surface area contributed by atoms with Gasteiger partial charge >= 0.3 is 119 Å². The fraction of sp³-hybridized carbons (Fsp3) is 0.357. The van der Waals surface area contributed by atoms with E-state index >= 15 is 0 Å². The van der Waals surface area contributed by atoms with Gasteiger partial charge in [0.05, 0.1) is 0 Å². The van der Waals surface area contributed by atoms with Crippen LogP contribution in [0.2, 0.25) is 14.8 Å². The maximum absolute atomic E-state index is 9.60. The van der Waals surface area contributed by atoms with Crippen molar-refractivity contribution in [2.45, 2.75) is 27.8 Å². The maximum atomic E-state index is 9.60. The summed E-state index contributed by atoms with van der Waals surface area (Å²) in [7, 11) is 0. The van der Waals surface area contributed by atoms with Gasteiger partial charge in [-0.1, -0.05) is 0 Å². The molecule has 1 N–H and O–H groups in total. The fourth-order valence-electron chi connectivity index (χ4n) is 1.54. The predicted molar refractivity (Wildman–Crippen MR) is 71.8 cm³/mol. The molecule has 0 aromatic heterocycles. The van der Waals surface area contributed by atoms with Crippen LogP contribution in [0.25, 0.3) is 0 Å². The summed E-state index contributed by atoms with van der Waals surface area (Å²) in [5, 5.41) is 9.60. The van der Waals surface area contributed by atoms with Gasteiger partial charge in [0.25, 0.3) is 0 Å². The van der Waals surface area contributed by atoms with Crippen LogP contribution in [0.4, 0.5) is 0 Å². The number of rotatable bonds is 2. The quantitative estimate of drug-likeness (QED) is 0.444. The first-order valence-corrected chi connectivity index (χ1v) is 15.3. The van der Waals surface area contributed by atoms with Crippen LogP contribution in [0.3, 0.4) is 0 Å². The number of benzene rings is 1. The Morgan fingerprint density at radius 3 is 1.55 bits per heavy atom. The summed E-state index contributed by atoms with van der Waals surface area (Å²) in [4.78, 5) is 7.11. The van der Waals surface area contributed by atoms with E-state index < -0.39 is 18.4 Å². The second-order valence-electron chi connectivity index (χ2n) is 4.51. The van der Waals surface area contributed by atoms with Crippen molar-refractivity contribution in [3.63, 3.8) is 0 Å². The summed E-state index contributed by atoms with van der Waals surface area (Å²) in [6, 6.07) is 8.30. The molecule has 108 valence electrons. The Morgan fingerprint density at radius 2 is 1.30 bits per heavy atom. The Balaban J connectivity index is -0.000000162. The zero-order valence-corrected chi connectivity index (χ0v) is 16.1. The molecule has 1 atom stereocenters. The van der Waals surface area contributed by atoms with Gasteiger partial charge in [-0.15, -0.1) is 0 Å². The summed E-state index contributed by atoms with van der Waals surface area (Å²) in [6.45, 7) is 15.3. The fourth-order valence-corrected chi connectivity index (χ4v) is 6.55. The first kappa shape index (κ1) is 28.0. The van der Waals surface area contributed by atoms with Crippen molar-refractivity contribution in [1.29, 1.82) is 0 Å². The zero-order valence-electron chi connectivity index (χ0n) is 12.0. The normalized spacial score (nSPS) is 9.55. The Labute approximate surface area is 135 Å². The van der Waals surface area contributed by atoms with E-state index in [0.29, 0.717) is 0 Å². The van der Waals surface area contributed by atoms with Gasteiger partial charge in [0, 0.05) is 17.4 Å². The summed E-state index contributed by atoms with van der Waals surface area (Å²) in [6.07, 6.45) is -0.327. The monoisotopic (exact) mass is 422 g/mol. The molecule has 0 saturated heterocycles. The van der Waals surface area contributed by atoms with Crippen LogP contribution in [0.1, 0.15) is 18.6 Å². The van der Waals surface area contributed by atoms with Crippen molar-refractivity contribution in [3.8, 4) is 0 Å². The van der Waals surface area contributed by atoms with E-state index in [1.54, 1.807) is 0 Å². The maximum Gasteiger partial charge on any atom is 0 e. The molecule has 0 aliphatic heterocycles. The van der Waals surface area contributed by atoms with E-state index in [9.17, 15) is 5.11 Å². The Bertz CT molecular complexity index is 391. The molecule has 0 aliphatic carbocycles. The van der Waals surface area contributed by atoms with Crippen LogP contribution in [0, 0.1) is 20.0 Å². The van der Waals surface area contributed by atoms with Gasteiger partial charge in [-0.2, -0.15) is 0 Å². The molecule has 0 aliphatic rings. The van der Waals surface area contributed by atoms with Crippen molar-refractivity contribution < 1.29 is 36.4 Å². The SMILES string of the molecule is C[C@@H](O)c1cccc[c]1[Sn]([CH3])([CH3])[CH3].[C-]#[O+].[C-]#[O+].[C-]#[O+].[Cr]. The van der Waals surface area contributed by atoms with Crippen molar-refractivity contribution in [1.82, 2.24) is 0 Å². The van der Waals surface area contributed by atoms with Crippen molar-refractivity contribution >= 4 is 22.0 Å². The molecule has 1 rings (SSSR count). The molecule has 1 aromatic rings. The van der Waals surface area contributed by atoms with E-state index in [4.69, 9.17) is 14.0 Å². The van der Waals surface area contributed by atoms with Crippen molar-refractivity contribution in [2.24, 2.45) is 0 Å². The smallest absolute Gasteiger partial charge is 0 e. The van der Waals surface area contributed by atoms with Crippen LogP contribution in [-0.4, -0.2) is 23.5 Å². The molecule has 0 bridgehead atoms. The van der Waals surface area contributed by atoms with Crippen LogP contribution in [-0.2, 0) is 31.3 Å². The molecule has 0 fully saturated rings. The van der Waals surface area contributed by atoms with Gasteiger partial charge in [0.2, 0.25) is 0 Å². The zero-order chi connectivity index (χ0) is 16.1. The Morgan fingerprint density at radius 1 is 0.950 bits per heavy atom. The van der Waals surface area contributed by atoms with Crippen LogP contribution in [0.15, 0.2) is 24.3 Å². The van der Waals surface area contributed by atoms with Crippen LogP contribution in [0.5, 0.6) is 0 Å². The van der Waals surface area contributed by atoms with Crippen molar-refractivity contribution in [3.05, 3.63) is 49.8 Å². The number of hydrogen-bond donors (Lipinski definition) is 1. The van der Waals surface area contributed by atoms with E-state index in [1.807, 2.05) is 19.1 Å². The van der Waals surface area contributed by atoms with E-state index in [-0.39, 0.29) is 23.5 Å². The first-order chi connectivity index (χ1) is 8.93. The first-order valence-electron chi connectivity index (χ1n) is 5.31. The van der Waals surface area contributed by atoms with Gasteiger partial charge in [0.15, 0.2) is 0 Å².